The van der Waals surface area contributed by atoms with Crippen molar-refractivity contribution in [2.45, 2.75) is 95.5 Å². The number of alkyl halides is 3. The zero-order valence-corrected chi connectivity index (χ0v) is 23.8. The molecule has 0 radical (unpaired) electrons. The first-order valence-electron chi connectivity index (χ1n) is 13.6. The Balaban J connectivity index is 1.56. The normalized spacial score (nSPS) is 22.5. The molecule has 1 aliphatic heterocycles. The molecule has 1 saturated heterocycles. The summed E-state index contributed by atoms with van der Waals surface area (Å²) in [6, 6.07) is 2.42. The van der Waals surface area contributed by atoms with Gasteiger partial charge in [-0.15, -0.1) is 11.3 Å². The van der Waals surface area contributed by atoms with E-state index in [9.17, 15) is 27.2 Å². The number of benzene rings is 1. The minimum atomic E-state index is -4.70. The Labute approximate surface area is 235 Å². The molecule has 0 bridgehead atoms. The van der Waals surface area contributed by atoms with Gasteiger partial charge in [-0.1, -0.05) is 12.8 Å². The van der Waals surface area contributed by atoms with E-state index >= 15 is 0 Å². The second-order valence-corrected chi connectivity index (χ2v) is 12.5. The lowest BCUT2D eigenvalue weighted by molar-refractivity contribution is -0.137. The van der Waals surface area contributed by atoms with Crippen molar-refractivity contribution >= 4 is 28.5 Å². The van der Waals surface area contributed by atoms with Crippen LogP contribution in [0.3, 0.4) is 0 Å². The number of likely N-dealkylation sites (tertiary alicyclic amines) is 1. The molecule has 2 heterocycles. The minimum Gasteiger partial charge on any atom is -0.444 e. The fraction of sp³-hybridized carbons (Fsp3) is 0.607. The highest BCUT2D eigenvalue weighted by Crippen LogP contribution is 2.44. The summed E-state index contributed by atoms with van der Waals surface area (Å²) in [5.74, 6) is -1.40. The van der Waals surface area contributed by atoms with Gasteiger partial charge in [0.15, 0.2) is 5.13 Å². The number of ether oxygens (including phenoxy) is 1. The maximum atomic E-state index is 14.0. The second kappa shape index (κ2) is 12.0. The fourth-order valence-corrected chi connectivity index (χ4v) is 6.35. The third-order valence-electron chi connectivity index (χ3n) is 7.42. The van der Waals surface area contributed by atoms with E-state index in [1.165, 1.54) is 24.2 Å². The fourth-order valence-electron chi connectivity index (χ4n) is 5.56. The summed E-state index contributed by atoms with van der Waals surface area (Å²) in [5, 5.41) is 7.41. The second-order valence-electron chi connectivity index (χ2n) is 11.6. The van der Waals surface area contributed by atoms with Crippen LogP contribution in [0.25, 0.3) is 0 Å². The largest absolute Gasteiger partial charge is 0.444 e. The molecule has 2 unspecified atom stereocenters. The highest BCUT2D eigenvalue weighted by atomic mass is 32.1. The van der Waals surface area contributed by atoms with E-state index in [2.05, 4.69) is 20.5 Å². The number of hydrogen-bond acceptors (Lipinski definition) is 6. The van der Waals surface area contributed by atoms with Crippen molar-refractivity contribution < 1.29 is 31.9 Å². The molecule has 0 spiro atoms. The van der Waals surface area contributed by atoms with Gasteiger partial charge in [-0.3, -0.25) is 10.1 Å². The molecule has 2 amide bonds. The van der Waals surface area contributed by atoms with E-state index in [1.54, 1.807) is 26.2 Å². The number of carbonyl (C=O) groups is 2. The highest BCUT2D eigenvalue weighted by molar-refractivity contribution is 7.14. The first-order valence-corrected chi connectivity index (χ1v) is 14.5. The lowest BCUT2D eigenvalue weighted by atomic mass is 9.81. The van der Waals surface area contributed by atoms with Gasteiger partial charge in [0.1, 0.15) is 11.4 Å². The van der Waals surface area contributed by atoms with Crippen molar-refractivity contribution in [3.63, 3.8) is 0 Å². The molecule has 2 aromatic rings. The molecule has 2 aliphatic rings. The molecule has 7 nitrogen and oxygen atoms in total. The van der Waals surface area contributed by atoms with E-state index in [0.29, 0.717) is 24.6 Å². The Bertz CT molecular complexity index is 1200. The number of halogens is 4. The SMILES string of the molecule is CC(C)(C)OC(=O)Nc1nc(C2(C(=O)NCc3cc(F)cc(C(F)(F)F)c3)CCC(N3CCCCCC3)C2)cs1. The molecule has 40 heavy (non-hydrogen) atoms. The van der Waals surface area contributed by atoms with Crippen molar-refractivity contribution in [1.82, 2.24) is 15.2 Å². The van der Waals surface area contributed by atoms with Gasteiger partial charge in [0.25, 0.3) is 0 Å². The van der Waals surface area contributed by atoms with Crippen LogP contribution in [0.2, 0.25) is 0 Å². The summed E-state index contributed by atoms with van der Waals surface area (Å²) < 4.78 is 58.9. The number of rotatable bonds is 6. The van der Waals surface area contributed by atoms with Crippen molar-refractivity contribution in [3.05, 3.63) is 46.2 Å². The number of nitrogens with one attached hydrogen (secondary N) is 2. The van der Waals surface area contributed by atoms with E-state index in [0.717, 1.165) is 44.5 Å². The Kier molecular flexibility index (Phi) is 9.08. The summed E-state index contributed by atoms with van der Waals surface area (Å²) >= 11 is 1.18. The van der Waals surface area contributed by atoms with Gasteiger partial charge in [-0.25, -0.2) is 14.2 Å². The highest BCUT2D eigenvalue weighted by Gasteiger charge is 2.49. The summed E-state index contributed by atoms with van der Waals surface area (Å²) in [4.78, 5) is 33.1. The quantitative estimate of drug-likeness (QED) is 0.373. The average Bonchev–Trinajstić information content (AvgIpc) is 3.41. The predicted octanol–water partition coefficient (Wildman–Crippen LogP) is 6.63. The van der Waals surface area contributed by atoms with E-state index < -0.39 is 34.7 Å². The third-order valence-corrected chi connectivity index (χ3v) is 8.18. The Morgan fingerprint density at radius 1 is 1.12 bits per heavy atom. The molecule has 2 atom stereocenters. The van der Waals surface area contributed by atoms with Gasteiger partial charge < -0.3 is 15.0 Å². The van der Waals surface area contributed by atoms with Gasteiger partial charge in [-0.2, -0.15) is 13.2 Å². The lowest BCUT2D eigenvalue weighted by Gasteiger charge is -2.30. The van der Waals surface area contributed by atoms with Crippen LogP contribution in [-0.2, 0) is 27.7 Å². The van der Waals surface area contributed by atoms with Crippen LogP contribution in [0.4, 0.5) is 27.5 Å². The summed E-state index contributed by atoms with van der Waals surface area (Å²) in [7, 11) is 0. The first kappa shape index (κ1) is 30.2. The maximum Gasteiger partial charge on any atom is 0.416 e. The molecule has 2 fully saturated rings. The van der Waals surface area contributed by atoms with Crippen molar-refractivity contribution in [2.24, 2.45) is 0 Å². The number of nitrogens with zero attached hydrogens (tertiary/aromatic N) is 2. The van der Waals surface area contributed by atoms with E-state index in [1.807, 2.05) is 0 Å². The van der Waals surface area contributed by atoms with Gasteiger partial charge in [0.05, 0.1) is 16.7 Å². The molecular formula is C28H36F4N4O3S. The Morgan fingerprint density at radius 3 is 2.48 bits per heavy atom. The number of carbonyl (C=O) groups excluding carboxylic acids is 2. The lowest BCUT2D eigenvalue weighted by Crippen LogP contribution is -2.44. The molecule has 1 saturated carbocycles. The van der Waals surface area contributed by atoms with Gasteiger partial charge in [0, 0.05) is 18.0 Å². The van der Waals surface area contributed by atoms with E-state index in [-0.39, 0.29) is 29.2 Å². The standard InChI is InChI=1S/C28H36F4N4O3S/c1-26(2,3)39-25(38)35-24-34-22(17-40-24)27(9-8-21(15-27)36-10-6-4-5-7-11-36)23(37)33-16-18-12-19(28(30,31)32)14-20(29)13-18/h12-14,17,21H,4-11,15-16H2,1-3H3,(H,33,37)(H,34,35,38). The van der Waals surface area contributed by atoms with Crippen LogP contribution in [-0.4, -0.2) is 46.6 Å². The van der Waals surface area contributed by atoms with Crippen LogP contribution in [0.15, 0.2) is 23.6 Å². The monoisotopic (exact) mass is 584 g/mol. The van der Waals surface area contributed by atoms with Crippen molar-refractivity contribution in [3.8, 4) is 0 Å². The first-order chi connectivity index (χ1) is 18.7. The molecular weight excluding hydrogens is 548 g/mol. The number of amides is 2. The van der Waals surface area contributed by atoms with Crippen LogP contribution in [0.5, 0.6) is 0 Å². The number of anilines is 1. The topological polar surface area (TPSA) is 83.6 Å². The zero-order chi connectivity index (χ0) is 29.1. The molecule has 220 valence electrons. The summed E-state index contributed by atoms with van der Waals surface area (Å²) in [5.41, 5.74) is -2.33. The van der Waals surface area contributed by atoms with Crippen molar-refractivity contribution in [2.75, 3.05) is 18.4 Å². The number of thiazole rings is 1. The van der Waals surface area contributed by atoms with Crippen molar-refractivity contribution in [1.29, 1.82) is 0 Å². The van der Waals surface area contributed by atoms with Crippen LogP contribution >= 0.6 is 11.3 Å². The number of aromatic nitrogens is 1. The molecule has 4 rings (SSSR count). The maximum absolute atomic E-state index is 14.0. The van der Waals surface area contributed by atoms with E-state index in [4.69, 9.17) is 4.74 Å². The van der Waals surface area contributed by atoms with Crippen LogP contribution < -0.4 is 10.6 Å². The number of hydrogen-bond donors (Lipinski definition) is 2. The Hall–Kier alpha value is -2.73. The summed E-state index contributed by atoms with van der Waals surface area (Å²) in [6.45, 7) is 6.89. The van der Waals surface area contributed by atoms with Crippen LogP contribution in [0, 0.1) is 5.82 Å². The average molecular weight is 585 g/mol. The molecule has 1 aromatic heterocycles. The predicted molar refractivity (Wildman–Crippen MR) is 145 cm³/mol. The van der Waals surface area contributed by atoms with Gasteiger partial charge in [0.2, 0.25) is 5.91 Å². The molecule has 1 aliphatic carbocycles. The molecule has 2 N–H and O–H groups in total. The van der Waals surface area contributed by atoms with Gasteiger partial charge in [-0.05, 0) is 89.7 Å². The molecule has 12 heteroatoms. The minimum absolute atomic E-state index is 0.0171. The zero-order valence-electron chi connectivity index (χ0n) is 23.0. The Morgan fingerprint density at radius 2 is 1.82 bits per heavy atom. The van der Waals surface area contributed by atoms with Crippen LogP contribution in [0.1, 0.15) is 82.5 Å². The summed E-state index contributed by atoms with van der Waals surface area (Å²) in [6.07, 6.45) is 0.923. The third kappa shape index (κ3) is 7.51. The molecule has 1 aromatic carbocycles. The smallest absolute Gasteiger partial charge is 0.416 e. The van der Waals surface area contributed by atoms with Gasteiger partial charge >= 0.3 is 12.3 Å².